The zero-order chi connectivity index (χ0) is 21.0. The number of halogens is 1. The lowest BCUT2D eigenvalue weighted by Crippen LogP contribution is -2.08. The van der Waals surface area contributed by atoms with Crippen LogP contribution in [0.4, 0.5) is 4.39 Å². The van der Waals surface area contributed by atoms with Crippen LogP contribution in [0.25, 0.3) is 11.0 Å². The number of allylic oxidation sites excluding steroid dienone is 1. The van der Waals surface area contributed by atoms with Gasteiger partial charge in [0.05, 0.1) is 22.6 Å². The van der Waals surface area contributed by atoms with Crippen LogP contribution in [-0.2, 0) is 13.0 Å². The van der Waals surface area contributed by atoms with E-state index in [0.29, 0.717) is 5.25 Å². The molecule has 3 heterocycles. The summed E-state index contributed by atoms with van der Waals surface area (Å²) in [6.45, 7) is 8.97. The van der Waals surface area contributed by atoms with Gasteiger partial charge in [-0.25, -0.2) is 9.37 Å². The van der Waals surface area contributed by atoms with E-state index in [9.17, 15) is 4.39 Å². The maximum atomic E-state index is 14.4. The van der Waals surface area contributed by atoms with Crippen molar-refractivity contribution in [2.24, 2.45) is 5.73 Å². The van der Waals surface area contributed by atoms with E-state index in [0.717, 1.165) is 39.3 Å². The number of aromatic nitrogens is 3. The van der Waals surface area contributed by atoms with Gasteiger partial charge in [0, 0.05) is 41.9 Å². The molecule has 0 spiro atoms. The SMILES string of the molecule is CC(C)Sc1ccc(Cc2c(C(C)C)n(C/C(F)=C/CN)c3cccnc23)cn1. The lowest BCUT2D eigenvalue weighted by molar-refractivity contribution is 0.544. The van der Waals surface area contributed by atoms with Crippen molar-refractivity contribution in [3.8, 4) is 0 Å². The molecule has 29 heavy (non-hydrogen) atoms. The molecular weight excluding hydrogens is 383 g/mol. The number of hydrogen-bond donors (Lipinski definition) is 1. The number of nitrogens with two attached hydrogens (primary N) is 1. The van der Waals surface area contributed by atoms with E-state index < -0.39 is 0 Å². The van der Waals surface area contributed by atoms with Gasteiger partial charge < -0.3 is 10.3 Å². The third-order valence-corrected chi connectivity index (χ3v) is 5.65. The summed E-state index contributed by atoms with van der Waals surface area (Å²) in [5.41, 5.74) is 10.8. The van der Waals surface area contributed by atoms with Crippen LogP contribution in [0.3, 0.4) is 0 Å². The quantitative estimate of drug-likeness (QED) is 0.499. The largest absolute Gasteiger partial charge is 0.336 e. The molecule has 2 N–H and O–H groups in total. The topological polar surface area (TPSA) is 56.7 Å². The highest BCUT2D eigenvalue weighted by Gasteiger charge is 2.21. The van der Waals surface area contributed by atoms with E-state index in [2.05, 4.69) is 49.8 Å². The molecule has 3 aromatic rings. The highest BCUT2D eigenvalue weighted by Crippen LogP contribution is 2.33. The predicted molar refractivity (Wildman–Crippen MR) is 120 cm³/mol. The lowest BCUT2D eigenvalue weighted by Gasteiger charge is -2.15. The third-order valence-electron chi connectivity index (χ3n) is 4.69. The smallest absolute Gasteiger partial charge is 0.117 e. The second kappa shape index (κ2) is 9.55. The lowest BCUT2D eigenvalue weighted by atomic mass is 9.99. The van der Waals surface area contributed by atoms with Gasteiger partial charge in [0.15, 0.2) is 0 Å². The van der Waals surface area contributed by atoms with Gasteiger partial charge in [-0.1, -0.05) is 33.8 Å². The van der Waals surface area contributed by atoms with Gasteiger partial charge in [0.1, 0.15) is 5.83 Å². The maximum Gasteiger partial charge on any atom is 0.117 e. The average Bonchev–Trinajstić information content (AvgIpc) is 2.97. The molecule has 0 saturated carbocycles. The summed E-state index contributed by atoms with van der Waals surface area (Å²) >= 11 is 1.75. The summed E-state index contributed by atoms with van der Waals surface area (Å²) in [6.07, 6.45) is 5.89. The molecule has 0 aliphatic rings. The molecule has 6 heteroatoms. The Balaban J connectivity index is 2.05. The molecular formula is C23H29FN4S. The highest BCUT2D eigenvalue weighted by molar-refractivity contribution is 7.99. The van der Waals surface area contributed by atoms with Gasteiger partial charge in [-0.05, 0) is 35.8 Å². The van der Waals surface area contributed by atoms with Gasteiger partial charge in [0.25, 0.3) is 0 Å². The van der Waals surface area contributed by atoms with Gasteiger partial charge in [-0.15, -0.1) is 11.8 Å². The van der Waals surface area contributed by atoms with E-state index in [1.54, 1.807) is 18.0 Å². The molecule has 3 aromatic heterocycles. The number of hydrogen-bond acceptors (Lipinski definition) is 4. The van der Waals surface area contributed by atoms with Gasteiger partial charge >= 0.3 is 0 Å². The van der Waals surface area contributed by atoms with Crippen LogP contribution in [0, 0.1) is 0 Å². The minimum atomic E-state index is -0.224. The molecule has 154 valence electrons. The van der Waals surface area contributed by atoms with E-state index in [1.165, 1.54) is 6.08 Å². The Morgan fingerprint density at radius 1 is 1.21 bits per heavy atom. The van der Waals surface area contributed by atoms with Crippen molar-refractivity contribution in [3.63, 3.8) is 0 Å². The van der Waals surface area contributed by atoms with Crippen molar-refractivity contribution in [2.45, 2.75) is 56.9 Å². The van der Waals surface area contributed by atoms with Gasteiger partial charge in [0.2, 0.25) is 0 Å². The Hall–Kier alpha value is -2.18. The van der Waals surface area contributed by atoms with Crippen molar-refractivity contribution in [2.75, 3.05) is 6.54 Å². The van der Waals surface area contributed by atoms with Crippen molar-refractivity contribution in [1.82, 2.24) is 14.5 Å². The first-order valence-corrected chi connectivity index (χ1v) is 10.9. The molecule has 0 aliphatic heterocycles. The van der Waals surface area contributed by atoms with Crippen LogP contribution < -0.4 is 5.73 Å². The van der Waals surface area contributed by atoms with Gasteiger partial charge in [-0.3, -0.25) is 4.98 Å². The summed E-state index contributed by atoms with van der Waals surface area (Å²) < 4.78 is 16.4. The van der Waals surface area contributed by atoms with Gasteiger partial charge in [-0.2, -0.15) is 0 Å². The Bertz CT molecular complexity index is 990. The van der Waals surface area contributed by atoms with Crippen LogP contribution in [0.15, 0.2) is 53.6 Å². The highest BCUT2D eigenvalue weighted by atomic mass is 32.2. The van der Waals surface area contributed by atoms with Crippen LogP contribution in [0.2, 0.25) is 0 Å². The summed E-state index contributed by atoms with van der Waals surface area (Å²) in [6, 6.07) is 8.11. The first-order valence-electron chi connectivity index (χ1n) is 10.0. The molecule has 3 rings (SSSR count). The second-order valence-electron chi connectivity index (χ2n) is 7.71. The number of fused-ring (bicyclic) bond motifs is 1. The van der Waals surface area contributed by atoms with Crippen LogP contribution >= 0.6 is 11.8 Å². The first-order chi connectivity index (χ1) is 13.9. The first kappa shape index (κ1) is 21.5. The normalized spacial score (nSPS) is 12.5. The molecule has 0 bridgehead atoms. The van der Waals surface area contributed by atoms with E-state index in [-0.39, 0.29) is 24.8 Å². The fourth-order valence-electron chi connectivity index (χ4n) is 3.64. The van der Waals surface area contributed by atoms with E-state index in [1.807, 2.05) is 22.9 Å². The Kier molecular flexibility index (Phi) is 7.09. The minimum Gasteiger partial charge on any atom is -0.336 e. The average molecular weight is 413 g/mol. The van der Waals surface area contributed by atoms with Crippen molar-refractivity contribution in [3.05, 3.63) is 65.4 Å². The predicted octanol–water partition coefficient (Wildman–Crippen LogP) is 5.46. The number of nitrogens with zero attached hydrogens (tertiary/aromatic N) is 3. The molecule has 0 aliphatic carbocycles. The standard InChI is InChI=1S/C23H29FN4S/c1-15(2)23-19(12-17-7-8-21(27-13-17)29-16(3)4)22-20(6-5-11-26-22)28(23)14-18(24)9-10-25/h5-9,11,13,15-16H,10,12,14,25H2,1-4H3/b18-9-. The summed E-state index contributed by atoms with van der Waals surface area (Å²) in [5.74, 6) is 0.00652. The molecule has 4 nitrogen and oxygen atoms in total. The number of pyridine rings is 2. The van der Waals surface area contributed by atoms with Crippen LogP contribution in [0.1, 0.15) is 50.4 Å². The summed E-state index contributed by atoms with van der Waals surface area (Å²) in [5, 5.41) is 1.53. The van der Waals surface area contributed by atoms with E-state index >= 15 is 0 Å². The Morgan fingerprint density at radius 3 is 2.62 bits per heavy atom. The molecule has 0 radical (unpaired) electrons. The van der Waals surface area contributed by atoms with Crippen molar-refractivity contribution in [1.29, 1.82) is 0 Å². The van der Waals surface area contributed by atoms with Crippen LogP contribution in [-0.4, -0.2) is 26.3 Å². The molecule has 0 atom stereocenters. The molecule has 0 fully saturated rings. The van der Waals surface area contributed by atoms with Crippen molar-refractivity contribution < 1.29 is 4.39 Å². The van der Waals surface area contributed by atoms with Crippen molar-refractivity contribution >= 4 is 22.8 Å². The maximum absolute atomic E-state index is 14.4. The minimum absolute atomic E-state index is 0.176. The van der Waals surface area contributed by atoms with Crippen LogP contribution in [0.5, 0.6) is 0 Å². The molecule has 0 saturated heterocycles. The zero-order valence-corrected chi connectivity index (χ0v) is 18.3. The summed E-state index contributed by atoms with van der Waals surface area (Å²) in [4.78, 5) is 9.24. The third kappa shape index (κ3) is 5.06. The Labute approximate surface area is 176 Å². The second-order valence-corrected chi connectivity index (χ2v) is 9.31. The fraction of sp³-hybridized carbons (Fsp3) is 0.391. The molecule has 0 unspecified atom stereocenters. The zero-order valence-electron chi connectivity index (χ0n) is 17.5. The Morgan fingerprint density at radius 2 is 2.00 bits per heavy atom. The monoisotopic (exact) mass is 412 g/mol. The summed E-state index contributed by atoms with van der Waals surface area (Å²) in [7, 11) is 0. The number of thioether (sulfide) groups is 1. The molecule has 0 amide bonds. The van der Waals surface area contributed by atoms with E-state index in [4.69, 9.17) is 5.73 Å². The number of rotatable bonds is 8. The molecule has 0 aromatic carbocycles. The fourth-order valence-corrected chi connectivity index (χ4v) is 4.38.